The maximum absolute atomic E-state index is 14.4. The van der Waals surface area contributed by atoms with Gasteiger partial charge in [0.05, 0.1) is 10.8 Å². The summed E-state index contributed by atoms with van der Waals surface area (Å²) in [4.78, 5) is 21.6. The van der Waals surface area contributed by atoms with Crippen LogP contribution in [-0.4, -0.2) is 53.8 Å². The normalized spacial score (nSPS) is 17.9. The van der Waals surface area contributed by atoms with Crippen LogP contribution < -0.4 is 0 Å². The van der Waals surface area contributed by atoms with Crippen LogP contribution in [0, 0.1) is 5.82 Å². The maximum Gasteiger partial charge on any atom is 0.256 e. The molecule has 6 nitrogen and oxygen atoms in total. The van der Waals surface area contributed by atoms with Gasteiger partial charge in [-0.2, -0.15) is 0 Å². The van der Waals surface area contributed by atoms with Crippen molar-refractivity contribution in [2.75, 3.05) is 19.3 Å². The van der Waals surface area contributed by atoms with Crippen molar-refractivity contribution in [2.45, 2.75) is 11.7 Å². The van der Waals surface area contributed by atoms with Gasteiger partial charge in [0.1, 0.15) is 12.1 Å². The fraction of sp³-hybridized carbons (Fsp3) is 0.312. The summed E-state index contributed by atoms with van der Waals surface area (Å²) in [7, 11) is -3.21. The van der Waals surface area contributed by atoms with Gasteiger partial charge in [0.15, 0.2) is 9.84 Å². The Hall–Kier alpha value is -2.35. The van der Waals surface area contributed by atoms with Crippen LogP contribution in [0.2, 0.25) is 0 Å². The molecule has 1 amide bonds. The Bertz CT molecular complexity index is 871. The smallest absolute Gasteiger partial charge is 0.256 e. The van der Waals surface area contributed by atoms with E-state index in [-0.39, 0.29) is 12.1 Å². The van der Waals surface area contributed by atoms with E-state index in [1.54, 1.807) is 18.5 Å². The minimum atomic E-state index is -3.21. The van der Waals surface area contributed by atoms with Crippen molar-refractivity contribution in [2.24, 2.45) is 0 Å². The summed E-state index contributed by atoms with van der Waals surface area (Å²) in [6.45, 7) is 0.412. The first-order valence-corrected chi connectivity index (χ1v) is 9.35. The average Bonchev–Trinajstić information content (AvgIpc) is 3.05. The summed E-state index contributed by atoms with van der Waals surface area (Å²) in [6.07, 6.45) is 6.03. The SMILES string of the molecule is CS(=O)(=O)C1CCN(C(=O)c2ccc(-c3cncnc3)cc2F)C1. The lowest BCUT2D eigenvalue weighted by Gasteiger charge is -2.17. The fourth-order valence-corrected chi connectivity index (χ4v) is 3.73. The van der Waals surface area contributed by atoms with Gasteiger partial charge < -0.3 is 4.90 Å². The predicted octanol–water partition coefficient (Wildman–Crippen LogP) is 1.54. The summed E-state index contributed by atoms with van der Waals surface area (Å²) < 4.78 is 37.5. The van der Waals surface area contributed by atoms with Crippen LogP contribution in [-0.2, 0) is 9.84 Å². The minimum Gasteiger partial charge on any atom is -0.337 e. The second-order valence-corrected chi connectivity index (χ2v) is 8.14. The Kier molecular flexibility index (Phi) is 4.31. The van der Waals surface area contributed by atoms with Crippen LogP contribution in [0.15, 0.2) is 36.9 Å². The summed E-state index contributed by atoms with van der Waals surface area (Å²) in [5.74, 6) is -1.14. The molecule has 0 aliphatic carbocycles. The van der Waals surface area contributed by atoms with E-state index in [1.807, 2.05) is 0 Å². The third kappa shape index (κ3) is 3.28. The van der Waals surface area contributed by atoms with Crippen molar-refractivity contribution in [3.05, 3.63) is 48.3 Å². The highest BCUT2D eigenvalue weighted by Gasteiger charge is 2.33. The van der Waals surface area contributed by atoms with Crippen molar-refractivity contribution < 1.29 is 17.6 Å². The molecule has 8 heteroatoms. The lowest BCUT2D eigenvalue weighted by Crippen LogP contribution is -2.32. The first kappa shape index (κ1) is 16.5. The van der Waals surface area contributed by atoms with Crippen molar-refractivity contribution in [3.63, 3.8) is 0 Å². The molecule has 1 fully saturated rings. The summed E-state index contributed by atoms with van der Waals surface area (Å²) >= 11 is 0. The Morgan fingerprint density at radius 3 is 2.54 bits per heavy atom. The summed E-state index contributed by atoms with van der Waals surface area (Å²) in [6, 6.07) is 4.29. The van der Waals surface area contributed by atoms with E-state index in [0.717, 1.165) is 6.26 Å². The molecule has 0 saturated carbocycles. The van der Waals surface area contributed by atoms with Gasteiger partial charge in [-0.25, -0.2) is 22.8 Å². The van der Waals surface area contributed by atoms with Crippen LogP contribution >= 0.6 is 0 Å². The van der Waals surface area contributed by atoms with Crippen LogP contribution in [0.1, 0.15) is 16.8 Å². The zero-order valence-electron chi connectivity index (χ0n) is 13.0. The molecule has 2 heterocycles. The predicted molar refractivity (Wildman–Crippen MR) is 86.6 cm³/mol. The molecule has 2 aromatic rings. The molecule has 1 aromatic heterocycles. The Morgan fingerprint density at radius 2 is 1.96 bits per heavy atom. The fourth-order valence-electron chi connectivity index (χ4n) is 2.75. The third-order valence-electron chi connectivity index (χ3n) is 4.13. The third-order valence-corrected chi connectivity index (χ3v) is 5.73. The Morgan fingerprint density at radius 1 is 1.25 bits per heavy atom. The van der Waals surface area contributed by atoms with Crippen LogP contribution in [0.3, 0.4) is 0 Å². The molecule has 3 rings (SSSR count). The van der Waals surface area contributed by atoms with Crippen molar-refractivity contribution in [1.29, 1.82) is 0 Å². The number of sulfone groups is 1. The number of nitrogens with zero attached hydrogens (tertiary/aromatic N) is 3. The van der Waals surface area contributed by atoms with Gasteiger partial charge in [-0.05, 0) is 24.1 Å². The van der Waals surface area contributed by atoms with E-state index in [0.29, 0.717) is 24.1 Å². The van der Waals surface area contributed by atoms with E-state index in [2.05, 4.69) is 9.97 Å². The lowest BCUT2D eigenvalue weighted by molar-refractivity contribution is 0.0788. The van der Waals surface area contributed by atoms with E-state index in [9.17, 15) is 17.6 Å². The molecule has 0 N–H and O–H groups in total. The van der Waals surface area contributed by atoms with E-state index < -0.39 is 26.8 Å². The highest BCUT2D eigenvalue weighted by atomic mass is 32.2. The average molecular weight is 349 g/mol. The first-order valence-electron chi connectivity index (χ1n) is 7.39. The number of amides is 1. The van der Waals surface area contributed by atoms with Gasteiger partial charge in [0.25, 0.3) is 5.91 Å². The van der Waals surface area contributed by atoms with Crippen molar-refractivity contribution in [3.8, 4) is 11.1 Å². The Labute approximate surface area is 139 Å². The lowest BCUT2D eigenvalue weighted by atomic mass is 10.1. The molecule has 1 aliphatic rings. The van der Waals surface area contributed by atoms with E-state index >= 15 is 0 Å². The highest BCUT2D eigenvalue weighted by molar-refractivity contribution is 7.91. The number of carbonyl (C=O) groups excluding carboxylic acids is 1. The first-order chi connectivity index (χ1) is 11.4. The van der Waals surface area contributed by atoms with Gasteiger partial charge >= 0.3 is 0 Å². The standard InChI is InChI=1S/C16H16FN3O3S/c1-24(22,23)13-4-5-20(9-13)16(21)14-3-2-11(6-15(14)17)12-7-18-10-19-8-12/h2-3,6-8,10,13H,4-5,9H2,1H3. The van der Waals surface area contributed by atoms with E-state index in [4.69, 9.17) is 0 Å². The Balaban J connectivity index is 1.82. The summed E-state index contributed by atoms with van der Waals surface area (Å²) in [5, 5.41) is -0.578. The maximum atomic E-state index is 14.4. The monoisotopic (exact) mass is 349 g/mol. The zero-order valence-corrected chi connectivity index (χ0v) is 13.8. The molecule has 1 unspecified atom stereocenters. The molecule has 0 radical (unpaired) electrons. The molecular formula is C16H16FN3O3S. The second-order valence-electron chi connectivity index (χ2n) is 5.81. The molecular weight excluding hydrogens is 333 g/mol. The number of likely N-dealkylation sites (tertiary alicyclic amines) is 1. The van der Waals surface area contributed by atoms with Crippen LogP contribution in [0.5, 0.6) is 0 Å². The number of benzene rings is 1. The molecule has 126 valence electrons. The number of hydrogen-bond donors (Lipinski definition) is 0. The topological polar surface area (TPSA) is 80.2 Å². The molecule has 0 bridgehead atoms. The van der Waals surface area contributed by atoms with Gasteiger partial charge in [-0.1, -0.05) is 6.07 Å². The number of hydrogen-bond acceptors (Lipinski definition) is 5. The molecule has 1 atom stereocenters. The molecule has 1 aromatic carbocycles. The van der Waals surface area contributed by atoms with Crippen LogP contribution in [0.4, 0.5) is 4.39 Å². The van der Waals surface area contributed by atoms with Gasteiger partial charge in [-0.3, -0.25) is 4.79 Å². The molecule has 1 aliphatic heterocycles. The number of rotatable bonds is 3. The van der Waals surface area contributed by atoms with Crippen LogP contribution in [0.25, 0.3) is 11.1 Å². The van der Waals surface area contributed by atoms with Crippen molar-refractivity contribution in [1.82, 2.24) is 14.9 Å². The second kappa shape index (κ2) is 6.27. The highest BCUT2D eigenvalue weighted by Crippen LogP contribution is 2.23. The minimum absolute atomic E-state index is 0.0650. The quantitative estimate of drug-likeness (QED) is 0.840. The molecule has 24 heavy (non-hydrogen) atoms. The zero-order chi connectivity index (χ0) is 17.3. The number of halogens is 1. The van der Waals surface area contributed by atoms with Gasteiger partial charge in [0, 0.05) is 37.3 Å². The van der Waals surface area contributed by atoms with Gasteiger partial charge in [-0.15, -0.1) is 0 Å². The summed E-state index contributed by atoms with van der Waals surface area (Å²) in [5.41, 5.74) is 1.15. The number of carbonyl (C=O) groups is 1. The molecule has 0 spiro atoms. The largest absolute Gasteiger partial charge is 0.337 e. The van der Waals surface area contributed by atoms with Gasteiger partial charge in [0.2, 0.25) is 0 Å². The van der Waals surface area contributed by atoms with Crippen molar-refractivity contribution >= 4 is 15.7 Å². The van der Waals surface area contributed by atoms with E-state index in [1.165, 1.54) is 23.4 Å². The number of aromatic nitrogens is 2. The molecule has 1 saturated heterocycles.